The molecule has 3 heteroatoms. The number of aromatic amines is 1. The molecule has 1 aromatic carbocycles. The monoisotopic (exact) mass is 217 g/mol. The van der Waals surface area contributed by atoms with Crippen LogP contribution in [0.2, 0.25) is 0 Å². The highest BCUT2D eigenvalue weighted by atomic mass is 15.1. The molecule has 2 aromatic rings. The first kappa shape index (κ1) is 11.1. The van der Waals surface area contributed by atoms with E-state index in [4.69, 9.17) is 5.73 Å². The Morgan fingerprint density at radius 3 is 2.75 bits per heavy atom. The number of nitrogens with zero attached hydrogens (tertiary/aromatic N) is 1. The molecule has 0 aliphatic heterocycles. The SMILES string of the molecule is Cc1[nH]nc2cc(C(C)C)cc(CCN)c12. The molecule has 3 N–H and O–H groups in total. The van der Waals surface area contributed by atoms with Gasteiger partial charge in [-0.2, -0.15) is 5.10 Å². The second-order valence-electron chi connectivity index (χ2n) is 4.62. The number of nitrogens with two attached hydrogens (primary N) is 1. The summed E-state index contributed by atoms with van der Waals surface area (Å²) >= 11 is 0. The summed E-state index contributed by atoms with van der Waals surface area (Å²) < 4.78 is 0. The molecule has 0 aliphatic carbocycles. The molecule has 0 saturated heterocycles. The number of hydrogen-bond donors (Lipinski definition) is 2. The standard InChI is InChI=1S/C13H19N3/c1-8(2)11-6-10(4-5-14)13-9(3)15-16-12(13)7-11/h6-8H,4-5,14H2,1-3H3,(H,15,16). The van der Waals surface area contributed by atoms with E-state index in [-0.39, 0.29) is 0 Å². The summed E-state index contributed by atoms with van der Waals surface area (Å²) in [5.41, 5.74) is 10.5. The molecule has 86 valence electrons. The van der Waals surface area contributed by atoms with Gasteiger partial charge in [0.2, 0.25) is 0 Å². The van der Waals surface area contributed by atoms with Crippen LogP contribution in [0.3, 0.4) is 0 Å². The van der Waals surface area contributed by atoms with Gasteiger partial charge in [0, 0.05) is 11.1 Å². The molecule has 0 radical (unpaired) electrons. The fraction of sp³-hybridized carbons (Fsp3) is 0.462. The van der Waals surface area contributed by atoms with Crippen molar-refractivity contribution in [1.82, 2.24) is 10.2 Å². The van der Waals surface area contributed by atoms with Crippen LogP contribution in [0, 0.1) is 6.92 Å². The molecule has 0 bridgehead atoms. The summed E-state index contributed by atoms with van der Waals surface area (Å²) in [6.45, 7) is 7.14. The minimum absolute atomic E-state index is 0.526. The average molecular weight is 217 g/mol. The van der Waals surface area contributed by atoms with Crippen molar-refractivity contribution in [3.05, 3.63) is 29.0 Å². The zero-order valence-corrected chi connectivity index (χ0v) is 10.2. The molecule has 0 unspecified atom stereocenters. The molecule has 1 aromatic heterocycles. The number of aromatic nitrogens is 2. The molecular formula is C13H19N3. The normalized spacial score (nSPS) is 11.6. The Balaban J connectivity index is 2.65. The van der Waals surface area contributed by atoms with Crippen LogP contribution in [0.25, 0.3) is 10.9 Å². The number of rotatable bonds is 3. The summed E-state index contributed by atoms with van der Waals surface area (Å²) in [5.74, 6) is 0.526. The summed E-state index contributed by atoms with van der Waals surface area (Å²) in [7, 11) is 0. The third-order valence-corrected chi connectivity index (χ3v) is 3.02. The predicted molar refractivity (Wildman–Crippen MR) is 67.7 cm³/mol. The molecule has 16 heavy (non-hydrogen) atoms. The number of hydrogen-bond acceptors (Lipinski definition) is 2. The van der Waals surface area contributed by atoms with Crippen LogP contribution < -0.4 is 5.73 Å². The molecule has 0 aliphatic rings. The lowest BCUT2D eigenvalue weighted by Crippen LogP contribution is -2.04. The quantitative estimate of drug-likeness (QED) is 0.830. The molecule has 0 saturated carbocycles. The first-order valence-electron chi connectivity index (χ1n) is 5.81. The highest BCUT2D eigenvalue weighted by Crippen LogP contribution is 2.26. The van der Waals surface area contributed by atoms with Crippen molar-refractivity contribution in [2.75, 3.05) is 6.54 Å². The maximum Gasteiger partial charge on any atom is 0.0929 e. The Bertz CT molecular complexity index is 497. The lowest BCUT2D eigenvalue weighted by molar-refractivity contribution is 0.862. The second-order valence-corrected chi connectivity index (χ2v) is 4.62. The second kappa shape index (κ2) is 4.26. The molecule has 3 nitrogen and oxygen atoms in total. The van der Waals surface area contributed by atoms with Gasteiger partial charge < -0.3 is 5.73 Å². The summed E-state index contributed by atoms with van der Waals surface area (Å²) in [4.78, 5) is 0. The maximum absolute atomic E-state index is 5.67. The van der Waals surface area contributed by atoms with E-state index in [0.717, 1.165) is 17.6 Å². The van der Waals surface area contributed by atoms with E-state index in [1.165, 1.54) is 16.5 Å². The van der Waals surface area contributed by atoms with E-state index in [2.05, 4.69) is 43.1 Å². The largest absolute Gasteiger partial charge is 0.330 e. The van der Waals surface area contributed by atoms with Crippen molar-refractivity contribution in [3.63, 3.8) is 0 Å². The molecule has 0 spiro atoms. The third-order valence-electron chi connectivity index (χ3n) is 3.02. The van der Waals surface area contributed by atoms with Crippen molar-refractivity contribution in [1.29, 1.82) is 0 Å². The number of nitrogens with one attached hydrogen (secondary N) is 1. The average Bonchev–Trinajstić information content (AvgIpc) is 2.61. The van der Waals surface area contributed by atoms with Gasteiger partial charge in [0.05, 0.1) is 5.52 Å². The van der Waals surface area contributed by atoms with Crippen molar-refractivity contribution < 1.29 is 0 Å². The van der Waals surface area contributed by atoms with Crippen LogP contribution in [0.1, 0.15) is 36.6 Å². The van der Waals surface area contributed by atoms with Gasteiger partial charge >= 0.3 is 0 Å². The van der Waals surface area contributed by atoms with Crippen molar-refractivity contribution in [3.8, 4) is 0 Å². The Hall–Kier alpha value is -1.35. The first-order valence-corrected chi connectivity index (χ1v) is 5.81. The van der Waals surface area contributed by atoms with Crippen LogP contribution in [0.15, 0.2) is 12.1 Å². The molecule has 0 amide bonds. The number of benzene rings is 1. The van der Waals surface area contributed by atoms with Gasteiger partial charge in [-0.05, 0) is 43.0 Å². The highest BCUT2D eigenvalue weighted by molar-refractivity contribution is 5.85. The van der Waals surface area contributed by atoms with Crippen LogP contribution in [-0.2, 0) is 6.42 Å². The fourth-order valence-electron chi connectivity index (χ4n) is 2.12. The van der Waals surface area contributed by atoms with Gasteiger partial charge in [0.1, 0.15) is 0 Å². The molecule has 0 atom stereocenters. The van der Waals surface area contributed by atoms with E-state index in [9.17, 15) is 0 Å². The maximum atomic E-state index is 5.67. The topological polar surface area (TPSA) is 54.7 Å². The molecule has 0 fully saturated rings. The number of H-pyrrole nitrogens is 1. The van der Waals surface area contributed by atoms with Gasteiger partial charge in [0.25, 0.3) is 0 Å². The third kappa shape index (κ3) is 1.83. The van der Waals surface area contributed by atoms with Crippen molar-refractivity contribution >= 4 is 10.9 Å². The van der Waals surface area contributed by atoms with Gasteiger partial charge in [-0.15, -0.1) is 0 Å². The van der Waals surface area contributed by atoms with Gasteiger partial charge in [0.15, 0.2) is 0 Å². The summed E-state index contributed by atoms with van der Waals surface area (Å²) in [6.07, 6.45) is 0.914. The predicted octanol–water partition coefficient (Wildman–Crippen LogP) is 2.50. The Kier molecular flexibility index (Phi) is 2.97. The van der Waals surface area contributed by atoms with E-state index in [1.54, 1.807) is 0 Å². The van der Waals surface area contributed by atoms with Crippen molar-refractivity contribution in [2.24, 2.45) is 5.73 Å². The van der Waals surface area contributed by atoms with E-state index in [0.29, 0.717) is 12.5 Å². The van der Waals surface area contributed by atoms with Gasteiger partial charge in [-0.3, -0.25) is 5.10 Å². The van der Waals surface area contributed by atoms with Gasteiger partial charge in [-0.25, -0.2) is 0 Å². The molecule has 1 heterocycles. The Labute approximate surface area is 96.0 Å². The lowest BCUT2D eigenvalue weighted by Gasteiger charge is -2.09. The smallest absolute Gasteiger partial charge is 0.0929 e. The van der Waals surface area contributed by atoms with E-state index < -0.39 is 0 Å². The summed E-state index contributed by atoms with van der Waals surface area (Å²) in [6, 6.07) is 4.44. The molecule has 2 rings (SSSR count). The Morgan fingerprint density at radius 2 is 2.12 bits per heavy atom. The first-order chi connectivity index (χ1) is 7.63. The molecular weight excluding hydrogens is 198 g/mol. The lowest BCUT2D eigenvalue weighted by atomic mass is 9.96. The van der Waals surface area contributed by atoms with Crippen LogP contribution in [0.4, 0.5) is 0 Å². The zero-order valence-electron chi connectivity index (χ0n) is 10.2. The van der Waals surface area contributed by atoms with Crippen LogP contribution >= 0.6 is 0 Å². The fourth-order valence-corrected chi connectivity index (χ4v) is 2.12. The van der Waals surface area contributed by atoms with Crippen molar-refractivity contribution in [2.45, 2.75) is 33.1 Å². The van der Waals surface area contributed by atoms with Gasteiger partial charge in [-0.1, -0.05) is 19.9 Å². The number of fused-ring (bicyclic) bond motifs is 1. The highest BCUT2D eigenvalue weighted by Gasteiger charge is 2.10. The van der Waals surface area contributed by atoms with Crippen LogP contribution in [0.5, 0.6) is 0 Å². The van der Waals surface area contributed by atoms with E-state index >= 15 is 0 Å². The van der Waals surface area contributed by atoms with E-state index in [1.807, 2.05) is 0 Å². The summed E-state index contributed by atoms with van der Waals surface area (Å²) in [5, 5.41) is 8.63. The minimum Gasteiger partial charge on any atom is -0.330 e. The van der Waals surface area contributed by atoms with Crippen LogP contribution in [-0.4, -0.2) is 16.7 Å². The zero-order chi connectivity index (χ0) is 11.7. The minimum atomic E-state index is 0.526. The Morgan fingerprint density at radius 1 is 1.38 bits per heavy atom. The number of aryl methyl sites for hydroxylation is 1.